The molecule has 0 spiro atoms. The topological polar surface area (TPSA) is 84.9 Å². The Balaban J connectivity index is 1.90. The molecule has 2 rings (SSSR count). The first-order valence-corrected chi connectivity index (χ1v) is 9.62. The summed E-state index contributed by atoms with van der Waals surface area (Å²) in [7, 11) is 1.30. The van der Waals surface area contributed by atoms with Crippen molar-refractivity contribution in [1.29, 1.82) is 0 Å². The SMILES string of the molecule is CO[C@@H](Cc1cccc(OC(C)CC(=O)NCc2cc(F)cc(C(F)(F)F)c2)c1)C(=O)O. The van der Waals surface area contributed by atoms with E-state index in [9.17, 15) is 27.2 Å². The highest BCUT2D eigenvalue weighted by Gasteiger charge is 2.31. The van der Waals surface area contributed by atoms with E-state index in [-0.39, 0.29) is 24.9 Å². The second-order valence-electron chi connectivity index (χ2n) is 7.17. The molecule has 0 fully saturated rings. The summed E-state index contributed by atoms with van der Waals surface area (Å²) in [5.41, 5.74) is -0.477. The third-order valence-corrected chi connectivity index (χ3v) is 4.46. The molecule has 0 aromatic heterocycles. The average Bonchev–Trinajstić information content (AvgIpc) is 2.69. The molecule has 0 aliphatic carbocycles. The fourth-order valence-corrected chi connectivity index (χ4v) is 2.96. The number of halogens is 4. The zero-order chi connectivity index (χ0) is 23.9. The van der Waals surface area contributed by atoms with Gasteiger partial charge in [0.1, 0.15) is 17.7 Å². The zero-order valence-electron chi connectivity index (χ0n) is 17.4. The monoisotopic (exact) mass is 457 g/mol. The number of hydrogen-bond acceptors (Lipinski definition) is 4. The molecule has 0 aliphatic heterocycles. The largest absolute Gasteiger partial charge is 0.490 e. The van der Waals surface area contributed by atoms with E-state index in [4.69, 9.17) is 14.6 Å². The summed E-state index contributed by atoms with van der Waals surface area (Å²) >= 11 is 0. The minimum atomic E-state index is -4.69. The van der Waals surface area contributed by atoms with Crippen LogP contribution >= 0.6 is 0 Å². The number of carbonyl (C=O) groups excluding carboxylic acids is 1. The van der Waals surface area contributed by atoms with Crippen molar-refractivity contribution in [3.63, 3.8) is 0 Å². The van der Waals surface area contributed by atoms with Crippen LogP contribution in [0.25, 0.3) is 0 Å². The maximum Gasteiger partial charge on any atom is 0.416 e. The van der Waals surface area contributed by atoms with Gasteiger partial charge in [0.2, 0.25) is 5.91 Å². The van der Waals surface area contributed by atoms with Crippen molar-refractivity contribution in [2.75, 3.05) is 7.11 Å². The quantitative estimate of drug-likeness (QED) is 0.528. The molecule has 0 heterocycles. The van der Waals surface area contributed by atoms with Gasteiger partial charge in [-0.15, -0.1) is 0 Å². The third-order valence-electron chi connectivity index (χ3n) is 4.46. The van der Waals surface area contributed by atoms with Crippen molar-refractivity contribution in [1.82, 2.24) is 5.32 Å². The van der Waals surface area contributed by atoms with Gasteiger partial charge in [0, 0.05) is 20.1 Å². The van der Waals surface area contributed by atoms with Gasteiger partial charge in [-0.2, -0.15) is 13.2 Å². The standard InChI is InChI=1S/C22H23F4NO5/c1-13(32-18-5-3-4-14(9-18)10-19(31-2)21(29)30)6-20(28)27-12-15-7-16(22(24,25)26)11-17(23)8-15/h3-5,7-9,11,13,19H,6,10,12H2,1-2H3,(H,27,28)(H,29,30)/t13?,19-/m0/s1. The Labute approximate surface area is 182 Å². The number of hydrogen-bond donors (Lipinski definition) is 2. The molecule has 0 saturated carbocycles. The summed E-state index contributed by atoms with van der Waals surface area (Å²) in [5, 5.41) is 11.5. The summed E-state index contributed by atoms with van der Waals surface area (Å²) in [6, 6.07) is 8.76. The van der Waals surface area contributed by atoms with Crippen LogP contribution < -0.4 is 10.1 Å². The van der Waals surface area contributed by atoms with Crippen molar-refractivity contribution in [3.05, 3.63) is 65.0 Å². The lowest BCUT2D eigenvalue weighted by atomic mass is 10.1. The first-order chi connectivity index (χ1) is 15.0. The van der Waals surface area contributed by atoms with E-state index >= 15 is 0 Å². The summed E-state index contributed by atoms with van der Waals surface area (Å²) in [4.78, 5) is 23.2. The van der Waals surface area contributed by atoms with Crippen LogP contribution in [0.5, 0.6) is 5.75 Å². The van der Waals surface area contributed by atoms with Crippen molar-refractivity contribution >= 4 is 11.9 Å². The first-order valence-electron chi connectivity index (χ1n) is 9.62. The number of carboxylic acids is 1. The number of ether oxygens (including phenoxy) is 2. The molecule has 10 heteroatoms. The zero-order valence-corrected chi connectivity index (χ0v) is 17.4. The van der Waals surface area contributed by atoms with E-state index in [0.717, 1.165) is 12.1 Å². The maximum absolute atomic E-state index is 13.4. The fraction of sp³-hybridized carbons (Fsp3) is 0.364. The highest BCUT2D eigenvalue weighted by Crippen LogP contribution is 2.30. The second-order valence-corrected chi connectivity index (χ2v) is 7.17. The molecular formula is C22H23F4NO5. The van der Waals surface area contributed by atoms with E-state index in [2.05, 4.69) is 5.32 Å². The molecule has 1 unspecified atom stereocenters. The number of carbonyl (C=O) groups is 2. The second kappa shape index (κ2) is 10.9. The van der Waals surface area contributed by atoms with Gasteiger partial charge in [0.25, 0.3) is 0 Å². The van der Waals surface area contributed by atoms with E-state index in [1.807, 2.05) is 0 Å². The highest BCUT2D eigenvalue weighted by atomic mass is 19.4. The summed E-state index contributed by atoms with van der Waals surface area (Å²) < 4.78 is 62.4. The number of amides is 1. The minimum absolute atomic E-state index is 0.0157. The number of alkyl halides is 3. The molecule has 0 aliphatic rings. The van der Waals surface area contributed by atoms with Gasteiger partial charge in [-0.05, 0) is 48.4 Å². The number of methoxy groups -OCH3 is 1. The van der Waals surface area contributed by atoms with Crippen molar-refractivity contribution in [2.45, 2.75) is 44.7 Å². The number of aliphatic carboxylic acids is 1. The van der Waals surface area contributed by atoms with Crippen LogP contribution in [0.3, 0.4) is 0 Å². The molecule has 0 radical (unpaired) electrons. The van der Waals surface area contributed by atoms with Gasteiger partial charge >= 0.3 is 12.1 Å². The van der Waals surface area contributed by atoms with Gasteiger partial charge in [-0.25, -0.2) is 9.18 Å². The van der Waals surface area contributed by atoms with Gasteiger partial charge < -0.3 is 19.9 Å². The lowest BCUT2D eigenvalue weighted by Crippen LogP contribution is -2.28. The van der Waals surface area contributed by atoms with Crippen LogP contribution in [0.1, 0.15) is 30.0 Å². The Morgan fingerprint density at radius 2 is 1.84 bits per heavy atom. The molecule has 2 N–H and O–H groups in total. The number of nitrogens with one attached hydrogen (secondary N) is 1. The van der Waals surface area contributed by atoms with E-state index in [0.29, 0.717) is 17.4 Å². The lowest BCUT2D eigenvalue weighted by Gasteiger charge is -2.16. The molecule has 2 aromatic carbocycles. The molecule has 174 valence electrons. The Morgan fingerprint density at radius 3 is 2.47 bits per heavy atom. The Hall–Kier alpha value is -3.14. The molecular weight excluding hydrogens is 434 g/mol. The smallest absolute Gasteiger partial charge is 0.416 e. The van der Waals surface area contributed by atoms with Crippen molar-refractivity contribution < 1.29 is 41.7 Å². The minimum Gasteiger partial charge on any atom is -0.490 e. The Morgan fingerprint density at radius 1 is 1.12 bits per heavy atom. The summed E-state index contributed by atoms with van der Waals surface area (Å²) in [6.07, 6.45) is -6.24. The summed E-state index contributed by atoms with van der Waals surface area (Å²) in [5.74, 6) is -2.21. The molecule has 2 aromatic rings. The maximum atomic E-state index is 13.4. The third kappa shape index (κ3) is 7.84. The molecule has 32 heavy (non-hydrogen) atoms. The average molecular weight is 457 g/mol. The van der Waals surface area contributed by atoms with Gasteiger partial charge in [0.05, 0.1) is 12.0 Å². The highest BCUT2D eigenvalue weighted by molar-refractivity contribution is 5.76. The van der Waals surface area contributed by atoms with Crippen LogP contribution in [0.2, 0.25) is 0 Å². The molecule has 2 atom stereocenters. The number of benzene rings is 2. The number of carboxylic acid groups (broad SMARTS) is 1. The van der Waals surface area contributed by atoms with Gasteiger partial charge in [-0.1, -0.05) is 12.1 Å². The van der Waals surface area contributed by atoms with E-state index < -0.39 is 41.6 Å². The van der Waals surface area contributed by atoms with Crippen molar-refractivity contribution in [3.8, 4) is 5.75 Å². The van der Waals surface area contributed by atoms with Gasteiger partial charge in [0.15, 0.2) is 6.10 Å². The van der Waals surface area contributed by atoms with Crippen LogP contribution in [-0.4, -0.2) is 36.3 Å². The molecule has 1 amide bonds. The number of rotatable bonds is 10. The van der Waals surface area contributed by atoms with Crippen LogP contribution in [0.4, 0.5) is 17.6 Å². The van der Waals surface area contributed by atoms with Crippen LogP contribution in [0.15, 0.2) is 42.5 Å². The first kappa shape index (κ1) is 25.1. The molecule has 0 saturated heterocycles. The van der Waals surface area contributed by atoms with Crippen LogP contribution in [-0.2, 0) is 33.5 Å². The predicted octanol–water partition coefficient (Wildman–Crippen LogP) is 3.96. The molecule has 0 bridgehead atoms. The normalized spacial score (nSPS) is 13.3. The lowest BCUT2D eigenvalue weighted by molar-refractivity contribution is -0.148. The van der Waals surface area contributed by atoms with E-state index in [1.54, 1.807) is 31.2 Å². The van der Waals surface area contributed by atoms with Gasteiger partial charge in [-0.3, -0.25) is 4.79 Å². The Bertz CT molecular complexity index is 948. The van der Waals surface area contributed by atoms with Crippen LogP contribution in [0, 0.1) is 5.82 Å². The fourth-order valence-electron chi connectivity index (χ4n) is 2.96. The Kier molecular flexibility index (Phi) is 8.59. The molecule has 6 nitrogen and oxygen atoms in total. The van der Waals surface area contributed by atoms with E-state index in [1.165, 1.54) is 7.11 Å². The summed E-state index contributed by atoms with van der Waals surface area (Å²) in [6.45, 7) is 1.36. The van der Waals surface area contributed by atoms with Crippen molar-refractivity contribution in [2.24, 2.45) is 0 Å². The predicted molar refractivity (Wildman–Crippen MR) is 107 cm³/mol.